The molecule has 0 spiro atoms. The predicted octanol–water partition coefficient (Wildman–Crippen LogP) is 6.18. The maximum Gasteiger partial charge on any atom is 0.0948 e. The molecule has 3 aromatic rings. The smallest absolute Gasteiger partial charge is 0.0948 e. The lowest BCUT2D eigenvalue weighted by molar-refractivity contribution is 0.821. The topological polar surface area (TPSA) is 17.8 Å². The third-order valence-corrected chi connectivity index (χ3v) is 4.90. The van der Waals surface area contributed by atoms with Crippen LogP contribution in [0.25, 0.3) is 16.7 Å². The monoisotopic (exact) mass is 430 g/mol. The molecular formula is C19H16Br2N2. The van der Waals surface area contributed by atoms with E-state index in [0.717, 1.165) is 15.5 Å². The summed E-state index contributed by atoms with van der Waals surface area (Å²) in [6.45, 7) is 2.98. The van der Waals surface area contributed by atoms with Gasteiger partial charge in [-0.15, -0.1) is 0 Å². The largest absolute Gasteiger partial charge is 0.334 e. The molecule has 0 aliphatic heterocycles. The Morgan fingerprint density at radius 1 is 1.13 bits per heavy atom. The van der Waals surface area contributed by atoms with Crippen molar-refractivity contribution >= 4 is 37.4 Å². The van der Waals surface area contributed by atoms with Gasteiger partial charge in [0, 0.05) is 27.9 Å². The summed E-state index contributed by atoms with van der Waals surface area (Å²) in [5.74, 6) is 0. The highest BCUT2D eigenvalue weighted by Crippen LogP contribution is 2.31. The van der Waals surface area contributed by atoms with Crippen molar-refractivity contribution in [3.8, 4) is 11.1 Å². The summed E-state index contributed by atoms with van der Waals surface area (Å²) >= 11 is 7.12. The molecule has 116 valence electrons. The molecule has 2 aromatic carbocycles. The van der Waals surface area contributed by atoms with Gasteiger partial charge in [0.05, 0.1) is 6.33 Å². The lowest BCUT2D eigenvalue weighted by Gasteiger charge is -2.08. The zero-order valence-electron chi connectivity index (χ0n) is 12.7. The summed E-state index contributed by atoms with van der Waals surface area (Å²) in [6.07, 6.45) is 7.82. The molecule has 0 aliphatic rings. The van der Waals surface area contributed by atoms with E-state index >= 15 is 0 Å². The van der Waals surface area contributed by atoms with E-state index in [4.69, 9.17) is 0 Å². The van der Waals surface area contributed by atoms with Gasteiger partial charge in [0.15, 0.2) is 0 Å². The molecule has 1 heterocycles. The van der Waals surface area contributed by atoms with E-state index in [9.17, 15) is 0 Å². The van der Waals surface area contributed by atoms with Crippen molar-refractivity contribution in [2.24, 2.45) is 0 Å². The van der Waals surface area contributed by atoms with Crippen LogP contribution in [0.4, 0.5) is 0 Å². The van der Waals surface area contributed by atoms with Gasteiger partial charge in [0.2, 0.25) is 0 Å². The maximum absolute atomic E-state index is 4.06. The summed E-state index contributed by atoms with van der Waals surface area (Å²) in [4.78, 5) is 4.06. The van der Waals surface area contributed by atoms with Crippen LogP contribution in [-0.2, 0) is 6.54 Å². The van der Waals surface area contributed by atoms with Gasteiger partial charge in [-0.05, 0) is 41.3 Å². The number of allylic oxidation sites excluding steroid dienone is 2. The highest BCUT2D eigenvalue weighted by Gasteiger charge is 2.04. The first-order chi connectivity index (χ1) is 11.1. The van der Waals surface area contributed by atoms with Crippen molar-refractivity contribution in [2.75, 3.05) is 0 Å². The summed E-state index contributed by atoms with van der Waals surface area (Å²) in [5, 5.41) is 0. The average Bonchev–Trinajstić information content (AvgIpc) is 3.06. The minimum Gasteiger partial charge on any atom is -0.334 e. The molecular weight excluding hydrogens is 416 g/mol. The van der Waals surface area contributed by atoms with E-state index < -0.39 is 0 Å². The van der Waals surface area contributed by atoms with Gasteiger partial charge in [0.25, 0.3) is 0 Å². The molecule has 0 aliphatic carbocycles. The van der Waals surface area contributed by atoms with Gasteiger partial charge in [-0.1, -0.05) is 68.3 Å². The molecule has 0 unspecified atom stereocenters. The van der Waals surface area contributed by atoms with Crippen molar-refractivity contribution < 1.29 is 0 Å². The number of hydrogen-bond donors (Lipinski definition) is 0. The van der Waals surface area contributed by atoms with Gasteiger partial charge < -0.3 is 4.57 Å². The van der Waals surface area contributed by atoms with Crippen molar-refractivity contribution in [1.29, 1.82) is 0 Å². The van der Waals surface area contributed by atoms with Gasteiger partial charge in [0.1, 0.15) is 0 Å². The van der Waals surface area contributed by atoms with Crippen LogP contribution in [0.15, 0.2) is 76.2 Å². The molecule has 0 atom stereocenters. The lowest BCUT2D eigenvalue weighted by Crippen LogP contribution is -1.91. The average molecular weight is 432 g/mol. The van der Waals surface area contributed by atoms with Crippen LogP contribution in [-0.4, -0.2) is 9.55 Å². The second kappa shape index (κ2) is 7.28. The van der Waals surface area contributed by atoms with Crippen molar-refractivity contribution in [1.82, 2.24) is 9.55 Å². The number of hydrogen-bond acceptors (Lipinski definition) is 1. The molecule has 0 radical (unpaired) electrons. The molecule has 4 heteroatoms. The highest BCUT2D eigenvalue weighted by atomic mass is 79.9. The van der Waals surface area contributed by atoms with Crippen LogP contribution in [0.2, 0.25) is 0 Å². The van der Waals surface area contributed by atoms with Crippen LogP contribution in [0.3, 0.4) is 0 Å². The zero-order chi connectivity index (χ0) is 16.2. The summed E-state index contributed by atoms with van der Waals surface area (Å²) in [6, 6.07) is 14.9. The molecule has 1 aromatic heterocycles. The molecule has 2 nitrogen and oxygen atoms in total. The Balaban J connectivity index is 1.80. The molecule has 0 saturated carbocycles. The second-order valence-corrected chi connectivity index (χ2v) is 7.12. The second-order valence-electron chi connectivity index (χ2n) is 5.35. The molecule has 23 heavy (non-hydrogen) atoms. The van der Waals surface area contributed by atoms with Crippen LogP contribution in [0.5, 0.6) is 0 Å². The number of halogens is 2. The minimum absolute atomic E-state index is 0.839. The summed E-state index contributed by atoms with van der Waals surface area (Å²) < 4.78 is 4.21. The fourth-order valence-corrected chi connectivity index (χ4v) is 3.67. The molecule has 0 bridgehead atoms. The first-order valence-corrected chi connectivity index (χ1v) is 8.90. The van der Waals surface area contributed by atoms with Crippen LogP contribution in [0.1, 0.15) is 12.5 Å². The van der Waals surface area contributed by atoms with Crippen molar-refractivity contribution in [3.63, 3.8) is 0 Å². The fourth-order valence-electron chi connectivity index (χ4n) is 2.39. The van der Waals surface area contributed by atoms with E-state index in [0.29, 0.717) is 0 Å². The zero-order valence-corrected chi connectivity index (χ0v) is 15.9. The van der Waals surface area contributed by atoms with E-state index in [1.54, 1.807) is 6.20 Å². The molecule has 0 saturated heterocycles. The predicted molar refractivity (Wildman–Crippen MR) is 103 cm³/mol. The highest BCUT2D eigenvalue weighted by molar-refractivity contribution is 9.11. The first-order valence-electron chi connectivity index (χ1n) is 7.32. The van der Waals surface area contributed by atoms with Gasteiger partial charge in [-0.2, -0.15) is 0 Å². The van der Waals surface area contributed by atoms with Gasteiger partial charge in [-0.3, -0.25) is 0 Å². The van der Waals surface area contributed by atoms with Crippen molar-refractivity contribution in [3.05, 3.63) is 81.8 Å². The number of rotatable bonds is 4. The minimum atomic E-state index is 0.839. The maximum atomic E-state index is 4.06. The Bertz CT molecular complexity index is 819. The van der Waals surface area contributed by atoms with Gasteiger partial charge >= 0.3 is 0 Å². The van der Waals surface area contributed by atoms with E-state index in [1.165, 1.54) is 22.3 Å². The van der Waals surface area contributed by atoms with Crippen LogP contribution >= 0.6 is 31.9 Å². The van der Waals surface area contributed by atoms with Crippen molar-refractivity contribution in [2.45, 2.75) is 13.5 Å². The third kappa shape index (κ3) is 4.01. The Hall–Kier alpha value is -1.65. The van der Waals surface area contributed by atoms with Crippen LogP contribution < -0.4 is 0 Å². The van der Waals surface area contributed by atoms with E-state index in [1.807, 2.05) is 12.5 Å². The number of benzene rings is 2. The normalized spacial score (nSPS) is 11.7. The molecule has 0 amide bonds. The molecule has 0 N–H and O–H groups in total. The van der Waals surface area contributed by atoms with Crippen LogP contribution in [0, 0.1) is 0 Å². The van der Waals surface area contributed by atoms with E-state index in [2.05, 4.69) is 96.9 Å². The Morgan fingerprint density at radius 2 is 1.91 bits per heavy atom. The fraction of sp³-hybridized carbons (Fsp3) is 0.105. The van der Waals surface area contributed by atoms with Gasteiger partial charge in [-0.25, -0.2) is 4.98 Å². The Morgan fingerprint density at radius 3 is 2.57 bits per heavy atom. The summed E-state index contributed by atoms with van der Waals surface area (Å²) in [7, 11) is 0. The quantitative estimate of drug-likeness (QED) is 0.482. The molecule has 3 rings (SSSR count). The first kappa shape index (κ1) is 16.2. The number of imidazole rings is 1. The summed E-state index contributed by atoms with van der Waals surface area (Å²) in [5.41, 5.74) is 4.90. The number of aromatic nitrogens is 2. The Kier molecular flexibility index (Phi) is 5.13. The van der Waals surface area contributed by atoms with E-state index in [-0.39, 0.29) is 0 Å². The standard InChI is InChI=1S/C19H16Br2N2/c1-14(8-10-23-11-9-22-13-23)15-2-4-16(5-3-15)18-7-6-17(20)12-19(18)21/h2-9,11-13H,10H2,1H3/b14-8-. The SMILES string of the molecule is C/C(=C/Cn1ccnc1)c1ccc(-c2ccc(Br)cc2Br)cc1. The molecule has 0 fully saturated rings. The third-order valence-electron chi connectivity index (χ3n) is 3.75. The Labute approximate surface area is 153 Å². The lowest BCUT2D eigenvalue weighted by atomic mass is 10.0. The number of nitrogens with zero attached hydrogens (tertiary/aromatic N) is 2.